The van der Waals surface area contributed by atoms with Crippen molar-refractivity contribution >= 4 is 17.1 Å². The highest BCUT2D eigenvalue weighted by Gasteiger charge is 2.19. The molecule has 1 N–H and O–H groups in total. The number of fused-ring (bicyclic) bond motifs is 1. The van der Waals surface area contributed by atoms with Crippen LogP contribution in [-0.2, 0) is 12.8 Å². The number of aliphatic hydroxyl groups excluding tert-OH is 1. The Labute approximate surface area is 183 Å². The first kappa shape index (κ1) is 20.6. The second-order valence-corrected chi connectivity index (χ2v) is 8.02. The Morgan fingerprint density at radius 2 is 1.70 bits per heavy atom. The molecule has 2 aromatic carbocycles. The van der Waals surface area contributed by atoms with Crippen molar-refractivity contribution in [2.75, 3.05) is 6.61 Å². The molecule has 4 rings (SSSR count). The van der Waals surface area contributed by atoms with Gasteiger partial charge in [0.05, 0.1) is 11.2 Å². The van der Waals surface area contributed by atoms with Crippen molar-refractivity contribution in [3.05, 3.63) is 83.0 Å². The van der Waals surface area contributed by atoms with Crippen LogP contribution in [0.2, 0.25) is 5.02 Å². The van der Waals surface area contributed by atoms with E-state index in [1.165, 1.54) is 16.8 Å². The fraction of sp³-hybridized carbons (Fsp3) is 0.269. The van der Waals surface area contributed by atoms with Crippen molar-refractivity contribution in [3.63, 3.8) is 0 Å². The summed E-state index contributed by atoms with van der Waals surface area (Å²) in [5.41, 5.74) is 8.02. The fourth-order valence-electron chi connectivity index (χ4n) is 4.11. The summed E-state index contributed by atoms with van der Waals surface area (Å²) in [6, 6.07) is 22.9. The molecule has 0 saturated carbocycles. The van der Waals surface area contributed by atoms with Gasteiger partial charge < -0.3 is 5.11 Å². The summed E-state index contributed by atoms with van der Waals surface area (Å²) >= 11 is 6.38. The van der Waals surface area contributed by atoms with Crippen molar-refractivity contribution in [1.29, 1.82) is 0 Å². The third kappa shape index (κ3) is 4.14. The number of hydrogen-bond donors (Lipinski definition) is 1. The van der Waals surface area contributed by atoms with E-state index in [1.54, 1.807) is 0 Å². The Kier molecular flexibility index (Phi) is 6.51. The van der Waals surface area contributed by atoms with Gasteiger partial charge in [-0.25, -0.2) is 4.52 Å². The minimum absolute atomic E-state index is 0.239. The Balaban J connectivity index is 1.99. The van der Waals surface area contributed by atoms with E-state index in [2.05, 4.69) is 53.9 Å². The van der Waals surface area contributed by atoms with Gasteiger partial charge in [0.2, 0.25) is 0 Å². The average Bonchev–Trinajstić information content (AvgIpc) is 3.19. The molecule has 0 aliphatic rings. The maximum atomic E-state index is 9.20. The molecule has 0 radical (unpaired) electrons. The summed E-state index contributed by atoms with van der Waals surface area (Å²) in [5, 5.41) is 15.1. The molecule has 4 aromatic rings. The van der Waals surface area contributed by atoms with Gasteiger partial charge in [0.15, 0.2) is 0 Å². The van der Waals surface area contributed by atoms with Gasteiger partial charge in [0.1, 0.15) is 0 Å². The molecule has 0 saturated heterocycles. The van der Waals surface area contributed by atoms with Gasteiger partial charge >= 0.3 is 0 Å². The van der Waals surface area contributed by atoms with E-state index in [9.17, 15) is 5.11 Å². The number of halogens is 1. The van der Waals surface area contributed by atoms with Gasteiger partial charge in [-0.2, -0.15) is 5.10 Å². The molecule has 30 heavy (non-hydrogen) atoms. The minimum Gasteiger partial charge on any atom is -0.396 e. The normalized spacial score (nSPS) is 11.3. The Bertz CT molecular complexity index is 1130. The lowest BCUT2D eigenvalue weighted by Gasteiger charge is -2.18. The van der Waals surface area contributed by atoms with Gasteiger partial charge in [-0.3, -0.25) is 0 Å². The Morgan fingerprint density at radius 3 is 2.43 bits per heavy atom. The molecular formula is C26H27ClN2O. The quantitative estimate of drug-likeness (QED) is 0.328. The van der Waals surface area contributed by atoms with E-state index in [4.69, 9.17) is 16.7 Å². The molecule has 0 fully saturated rings. The molecule has 154 valence electrons. The first-order chi connectivity index (χ1) is 14.7. The molecule has 4 heteroatoms. The molecule has 2 heterocycles. The lowest BCUT2D eigenvalue weighted by atomic mass is 9.92. The number of nitrogens with zero attached hydrogens (tertiary/aromatic N) is 2. The summed E-state index contributed by atoms with van der Waals surface area (Å²) in [6.07, 6.45) is 4.65. The van der Waals surface area contributed by atoms with Crippen molar-refractivity contribution in [1.82, 2.24) is 9.61 Å². The second kappa shape index (κ2) is 9.46. The molecule has 0 amide bonds. The number of rotatable bonds is 8. The third-order valence-corrected chi connectivity index (χ3v) is 5.82. The highest BCUT2D eigenvalue weighted by atomic mass is 35.5. The van der Waals surface area contributed by atoms with Crippen molar-refractivity contribution in [3.8, 4) is 22.4 Å². The molecule has 0 bridgehead atoms. The van der Waals surface area contributed by atoms with Gasteiger partial charge in [0, 0.05) is 28.5 Å². The monoisotopic (exact) mass is 418 g/mol. The van der Waals surface area contributed by atoms with E-state index in [0.717, 1.165) is 59.5 Å². The number of aliphatic hydroxyl groups is 1. The minimum atomic E-state index is 0.239. The topological polar surface area (TPSA) is 37.5 Å². The lowest BCUT2D eigenvalue weighted by molar-refractivity contribution is 0.283. The number of benzene rings is 2. The van der Waals surface area contributed by atoms with Crippen molar-refractivity contribution in [2.45, 2.75) is 39.0 Å². The predicted molar refractivity (Wildman–Crippen MR) is 125 cm³/mol. The van der Waals surface area contributed by atoms with Crippen molar-refractivity contribution in [2.24, 2.45) is 0 Å². The Morgan fingerprint density at radius 1 is 0.900 bits per heavy atom. The lowest BCUT2D eigenvalue weighted by Crippen LogP contribution is -2.06. The second-order valence-electron chi connectivity index (χ2n) is 7.59. The van der Waals surface area contributed by atoms with Crippen LogP contribution in [0.15, 0.2) is 66.7 Å². The largest absolute Gasteiger partial charge is 0.396 e. The van der Waals surface area contributed by atoms with Crippen LogP contribution >= 0.6 is 11.6 Å². The summed E-state index contributed by atoms with van der Waals surface area (Å²) in [6.45, 7) is 2.40. The molecule has 0 aliphatic carbocycles. The zero-order valence-electron chi connectivity index (χ0n) is 17.3. The molecular weight excluding hydrogens is 392 g/mol. The number of aromatic nitrogens is 2. The van der Waals surface area contributed by atoms with Gasteiger partial charge in [-0.1, -0.05) is 67.4 Å². The van der Waals surface area contributed by atoms with Crippen LogP contribution in [-0.4, -0.2) is 21.3 Å². The zero-order chi connectivity index (χ0) is 20.9. The highest BCUT2D eigenvalue weighted by molar-refractivity contribution is 6.30. The molecule has 0 aliphatic heterocycles. The number of hydrogen-bond acceptors (Lipinski definition) is 2. The summed E-state index contributed by atoms with van der Waals surface area (Å²) in [5.74, 6) is 0. The van der Waals surface area contributed by atoms with Crippen LogP contribution in [0.5, 0.6) is 0 Å². The fourth-order valence-corrected chi connectivity index (χ4v) is 4.30. The Hall–Kier alpha value is -2.62. The zero-order valence-corrected chi connectivity index (χ0v) is 18.1. The standard InChI is InChI=1S/C26H27ClN2O/c1-2-22-15-16-24-25(20-12-9-13-21(27)18-20)23(14-7-4-8-17-30)26(28-29(22)24)19-10-5-3-6-11-19/h3,5-6,9-13,15-16,18,30H,2,4,7-8,14,17H2,1H3. The maximum absolute atomic E-state index is 9.20. The molecule has 3 nitrogen and oxygen atoms in total. The van der Waals surface area contributed by atoms with E-state index >= 15 is 0 Å². The summed E-state index contributed by atoms with van der Waals surface area (Å²) in [4.78, 5) is 0. The number of unbranched alkanes of at least 4 members (excludes halogenated alkanes) is 2. The first-order valence-corrected chi connectivity index (χ1v) is 11.1. The molecule has 2 aromatic heterocycles. The molecule has 0 spiro atoms. The smallest absolute Gasteiger partial charge is 0.0951 e. The average molecular weight is 419 g/mol. The maximum Gasteiger partial charge on any atom is 0.0951 e. The van der Waals surface area contributed by atoms with Crippen LogP contribution in [0.25, 0.3) is 27.9 Å². The van der Waals surface area contributed by atoms with Crippen LogP contribution in [0, 0.1) is 0 Å². The molecule has 0 unspecified atom stereocenters. The van der Waals surface area contributed by atoms with Gasteiger partial charge in [0.25, 0.3) is 0 Å². The predicted octanol–water partition coefficient (Wildman–Crippen LogP) is 6.59. The van der Waals surface area contributed by atoms with E-state index in [1.807, 2.05) is 24.3 Å². The van der Waals surface area contributed by atoms with Crippen LogP contribution in [0.1, 0.15) is 37.4 Å². The van der Waals surface area contributed by atoms with Crippen LogP contribution in [0.4, 0.5) is 0 Å². The van der Waals surface area contributed by atoms with Crippen LogP contribution < -0.4 is 0 Å². The highest BCUT2D eigenvalue weighted by Crippen LogP contribution is 2.37. The SMILES string of the molecule is CCc1ccc2c(-c3cccc(Cl)c3)c(CCCCCO)c(-c3ccccc3)nn12. The first-order valence-electron chi connectivity index (χ1n) is 10.7. The van der Waals surface area contributed by atoms with E-state index < -0.39 is 0 Å². The van der Waals surface area contributed by atoms with Gasteiger partial charge in [-0.15, -0.1) is 0 Å². The van der Waals surface area contributed by atoms with Crippen LogP contribution in [0.3, 0.4) is 0 Å². The summed E-state index contributed by atoms with van der Waals surface area (Å²) in [7, 11) is 0. The van der Waals surface area contributed by atoms with Crippen molar-refractivity contribution < 1.29 is 5.11 Å². The van der Waals surface area contributed by atoms with E-state index in [0.29, 0.717) is 0 Å². The number of aryl methyl sites for hydroxylation is 1. The van der Waals surface area contributed by atoms with E-state index in [-0.39, 0.29) is 6.61 Å². The summed E-state index contributed by atoms with van der Waals surface area (Å²) < 4.78 is 2.09. The molecule has 0 atom stereocenters. The third-order valence-electron chi connectivity index (χ3n) is 5.59. The van der Waals surface area contributed by atoms with Gasteiger partial charge in [-0.05, 0) is 61.1 Å².